The lowest BCUT2D eigenvalue weighted by Gasteiger charge is -2.18. The summed E-state index contributed by atoms with van der Waals surface area (Å²) in [5.41, 5.74) is 0.838. The number of nitrogens with zero attached hydrogens (tertiary/aromatic N) is 5. The van der Waals surface area contributed by atoms with Crippen LogP contribution in [0.15, 0.2) is 42.7 Å². The zero-order chi connectivity index (χ0) is 19.2. The Kier molecular flexibility index (Phi) is 5.92. The molecule has 0 aliphatic carbocycles. The Morgan fingerprint density at radius 3 is 2.59 bits per heavy atom. The maximum absolute atomic E-state index is 12.5. The van der Waals surface area contributed by atoms with Crippen molar-refractivity contribution in [1.82, 2.24) is 15.0 Å². The minimum atomic E-state index is -0.529. The van der Waals surface area contributed by atoms with Crippen LogP contribution >= 0.6 is 11.3 Å². The summed E-state index contributed by atoms with van der Waals surface area (Å²) in [6.07, 6.45) is 3.18. The molecule has 27 heavy (non-hydrogen) atoms. The van der Waals surface area contributed by atoms with Gasteiger partial charge in [-0.3, -0.25) is 14.5 Å². The molecule has 0 saturated carbocycles. The molecule has 0 aliphatic heterocycles. The van der Waals surface area contributed by atoms with Gasteiger partial charge in [-0.15, -0.1) is 0 Å². The van der Waals surface area contributed by atoms with Crippen molar-refractivity contribution in [2.45, 2.75) is 6.92 Å². The van der Waals surface area contributed by atoms with Gasteiger partial charge in [-0.2, -0.15) is 0 Å². The first-order chi connectivity index (χ1) is 13.1. The highest BCUT2D eigenvalue weighted by Crippen LogP contribution is 2.28. The van der Waals surface area contributed by atoms with Crippen molar-refractivity contribution in [3.8, 4) is 0 Å². The second-order valence-electron chi connectivity index (χ2n) is 5.67. The third-order valence-electron chi connectivity index (χ3n) is 3.75. The smallest absolute Gasteiger partial charge is 0.326 e. The molecule has 0 atom stereocenters. The summed E-state index contributed by atoms with van der Waals surface area (Å²) >= 11 is 1.43. The second kappa shape index (κ2) is 8.54. The molecule has 140 valence electrons. The van der Waals surface area contributed by atoms with Gasteiger partial charge < -0.3 is 9.64 Å². The molecule has 0 spiro atoms. The van der Waals surface area contributed by atoms with Crippen LogP contribution in [0.4, 0.5) is 11.1 Å². The van der Waals surface area contributed by atoms with E-state index in [4.69, 9.17) is 4.74 Å². The van der Waals surface area contributed by atoms with E-state index in [0.29, 0.717) is 17.6 Å². The summed E-state index contributed by atoms with van der Waals surface area (Å²) in [6, 6.07) is 9.37. The minimum Gasteiger partial charge on any atom is -0.454 e. The van der Waals surface area contributed by atoms with Crippen molar-refractivity contribution in [2.24, 2.45) is 0 Å². The Morgan fingerprint density at radius 2 is 1.89 bits per heavy atom. The molecule has 8 nitrogen and oxygen atoms in total. The van der Waals surface area contributed by atoms with E-state index in [9.17, 15) is 9.59 Å². The number of anilines is 2. The molecular formula is C18H19N5O3S. The van der Waals surface area contributed by atoms with Crippen LogP contribution in [0.3, 0.4) is 0 Å². The topological polar surface area (TPSA) is 88.5 Å². The second-order valence-corrected chi connectivity index (χ2v) is 6.68. The number of para-hydroxylation sites is 1. The maximum Gasteiger partial charge on any atom is 0.326 e. The van der Waals surface area contributed by atoms with Crippen LogP contribution in [-0.2, 0) is 14.3 Å². The first-order valence-electron chi connectivity index (χ1n) is 8.38. The summed E-state index contributed by atoms with van der Waals surface area (Å²) in [5.74, 6) is -0.437. The number of carbonyl (C=O) groups excluding carboxylic acids is 2. The van der Waals surface area contributed by atoms with Crippen molar-refractivity contribution < 1.29 is 14.3 Å². The highest BCUT2D eigenvalue weighted by atomic mass is 32.1. The molecule has 1 aromatic carbocycles. The van der Waals surface area contributed by atoms with Crippen LogP contribution in [0.2, 0.25) is 0 Å². The Morgan fingerprint density at radius 1 is 1.15 bits per heavy atom. The molecule has 0 unspecified atom stereocenters. The van der Waals surface area contributed by atoms with Crippen LogP contribution in [0.25, 0.3) is 10.2 Å². The largest absolute Gasteiger partial charge is 0.454 e. The van der Waals surface area contributed by atoms with Gasteiger partial charge in [-0.1, -0.05) is 23.5 Å². The Bertz CT molecular complexity index is 898. The first-order valence-corrected chi connectivity index (χ1v) is 9.20. The third kappa shape index (κ3) is 4.56. The fraction of sp³-hybridized carbons (Fsp3) is 0.278. The van der Waals surface area contributed by atoms with Gasteiger partial charge in [0.05, 0.1) is 10.2 Å². The van der Waals surface area contributed by atoms with E-state index in [1.807, 2.05) is 31.2 Å². The number of aromatic nitrogens is 3. The average Bonchev–Trinajstić information content (AvgIpc) is 3.11. The van der Waals surface area contributed by atoms with E-state index in [1.54, 1.807) is 30.4 Å². The number of likely N-dealkylation sites (N-methyl/N-ethyl adjacent to an activating group) is 2. The molecule has 3 aromatic rings. The van der Waals surface area contributed by atoms with Crippen molar-refractivity contribution in [2.75, 3.05) is 36.5 Å². The predicted octanol–water partition coefficient (Wildman–Crippen LogP) is 2.12. The number of hydrogen-bond acceptors (Lipinski definition) is 8. The number of carbonyl (C=O) groups is 2. The standard InChI is InChI=1S/C18H19N5O3S/c1-3-23(18-21-13-7-4-5-8-14(13)27-18)15(24)12-26-16(25)11-22(2)17-19-9-6-10-20-17/h4-10H,3,11-12H2,1-2H3. The number of fused-ring (bicyclic) bond motifs is 1. The normalized spacial score (nSPS) is 10.6. The van der Waals surface area contributed by atoms with E-state index >= 15 is 0 Å². The van der Waals surface area contributed by atoms with Crippen molar-refractivity contribution in [1.29, 1.82) is 0 Å². The molecule has 2 aromatic heterocycles. The van der Waals surface area contributed by atoms with Gasteiger partial charge in [0.1, 0.15) is 6.54 Å². The molecule has 0 N–H and O–H groups in total. The van der Waals surface area contributed by atoms with Crippen molar-refractivity contribution in [3.05, 3.63) is 42.7 Å². The van der Waals surface area contributed by atoms with Crippen LogP contribution in [0.1, 0.15) is 6.92 Å². The van der Waals surface area contributed by atoms with E-state index in [1.165, 1.54) is 16.2 Å². The predicted molar refractivity (Wildman–Crippen MR) is 104 cm³/mol. The number of thiazole rings is 1. The lowest BCUT2D eigenvalue weighted by atomic mass is 10.3. The monoisotopic (exact) mass is 385 g/mol. The van der Waals surface area contributed by atoms with E-state index in [0.717, 1.165) is 10.2 Å². The lowest BCUT2D eigenvalue weighted by Crippen LogP contribution is -2.36. The van der Waals surface area contributed by atoms with Gasteiger partial charge in [0.15, 0.2) is 11.7 Å². The number of esters is 1. The Labute approximate surface area is 160 Å². The van der Waals surface area contributed by atoms with E-state index in [2.05, 4.69) is 15.0 Å². The van der Waals surface area contributed by atoms with Gasteiger partial charge in [0.25, 0.3) is 5.91 Å². The fourth-order valence-electron chi connectivity index (χ4n) is 2.41. The first kappa shape index (κ1) is 18.7. The van der Waals surface area contributed by atoms with E-state index < -0.39 is 5.97 Å². The van der Waals surface area contributed by atoms with E-state index in [-0.39, 0.29) is 19.1 Å². The van der Waals surface area contributed by atoms with Crippen LogP contribution in [0.5, 0.6) is 0 Å². The third-order valence-corrected chi connectivity index (χ3v) is 4.81. The Hall–Kier alpha value is -3.07. The van der Waals surface area contributed by atoms with Crippen LogP contribution in [0, 0.1) is 0 Å². The molecule has 0 bridgehead atoms. The van der Waals surface area contributed by atoms with Crippen LogP contribution in [-0.4, -0.2) is 53.6 Å². The van der Waals surface area contributed by atoms with Crippen molar-refractivity contribution >= 4 is 44.5 Å². The number of rotatable bonds is 7. The number of amides is 1. The van der Waals surface area contributed by atoms with Crippen LogP contribution < -0.4 is 9.80 Å². The van der Waals surface area contributed by atoms with Crippen molar-refractivity contribution in [3.63, 3.8) is 0 Å². The number of ether oxygens (including phenoxy) is 1. The molecule has 2 heterocycles. The lowest BCUT2D eigenvalue weighted by molar-refractivity contribution is -0.146. The summed E-state index contributed by atoms with van der Waals surface area (Å²) < 4.78 is 6.12. The molecule has 3 rings (SSSR count). The number of hydrogen-bond donors (Lipinski definition) is 0. The average molecular weight is 385 g/mol. The molecule has 0 radical (unpaired) electrons. The summed E-state index contributed by atoms with van der Waals surface area (Å²) in [7, 11) is 1.68. The van der Waals surface area contributed by atoms with Gasteiger partial charge in [-0.25, -0.2) is 15.0 Å². The van der Waals surface area contributed by atoms with Gasteiger partial charge in [-0.05, 0) is 25.1 Å². The molecular weight excluding hydrogens is 366 g/mol. The zero-order valence-corrected chi connectivity index (χ0v) is 15.8. The highest BCUT2D eigenvalue weighted by molar-refractivity contribution is 7.22. The zero-order valence-electron chi connectivity index (χ0n) is 15.0. The van der Waals surface area contributed by atoms with Gasteiger partial charge in [0, 0.05) is 26.0 Å². The molecule has 0 aliphatic rings. The fourth-order valence-corrected chi connectivity index (χ4v) is 3.46. The summed E-state index contributed by atoms with van der Waals surface area (Å²) in [4.78, 5) is 40.2. The SMILES string of the molecule is CCN(C(=O)COC(=O)CN(C)c1ncccn1)c1nc2ccccc2s1. The molecule has 0 fully saturated rings. The highest BCUT2D eigenvalue weighted by Gasteiger charge is 2.20. The molecule has 1 amide bonds. The maximum atomic E-state index is 12.5. The quantitative estimate of drug-likeness (QED) is 0.576. The summed E-state index contributed by atoms with van der Waals surface area (Å²) in [5, 5.41) is 0.592. The molecule has 0 saturated heterocycles. The summed E-state index contributed by atoms with van der Waals surface area (Å²) in [6.45, 7) is 1.90. The van der Waals surface area contributed by atoms with Gasteiger partial charge >= 0.3 is 5.97 Å². The minimum absolute atomic E-state index is 0.0510. The van der Waals surface area contributed by atoms with Gasteiger partial charge in [0.2, 0.25) is 5.95 Å². The number of benzene rings is 1. The Balaban J connectivity index is 1.57. The molecule has 9 heteroatoms.